The Morgan fingerprint density at radius 1 is 1.35 bits per heavy atom. The van der Waals surface area contributed by atoms with E-state index in [4.69, 9.17) is 19.1 Å². The summed E-state index contributed by atoms with van der Waals surface area (Å²) in [6, 6.07) is 5.91. The summed E-state index contributed by atoms with van der Waals surface area (Å²) in [6.07, 6.45) is -5.08. The van der Waals surface area contributed by atoms with E-state index in [1.54, 1.807) is 11.3 Å². The molecule has 11 heteroatoms. The van der Waals surface area contributed by atoms with E-state index < -0.39 is 12.1 Å². The molecule has 1 amide bonds. The van der Waals surface area contributed by atoms with Crippen molar-refractivity contribution in [2.24, 2.45) is 11.3 Å². The third-order valence-corrected chi connectivity index (χ3v) is 6.08. The minimum Gasteiger partial charge on any atom is -0.475 e. The highest BCUT2D eigenvalue weighted by molar-refractivity contribution is 7.08. The SMILES string of the molecule is Cc1ccc(CN2C[C@@H]3COC[C@]3(CNC(=O)c3ccsc3)C2)o1.O=C(O)C(F)(F)F. The molecule has 170 valence electrons. The van der Waals surface area contributed by atoms with Crippen molar-refractivity contribution in [2.45, 2.75) is 19.6 Å². The predicted molar refractivity (Wildman–Crippen MR) is 106 cm³/mol. The van der Waals surface area contributed by atoms with Crippen LogP contribution in [-0.2, 0) is 16.1 Å². The topological polar surface area (TPSA) is 92.0 Å². The predicted octanol–water partition coefficient (Wildman–Crippen LogP) is 3.16. The van der Waals surface area contributed by atoms with Crippen LogP contribution >= 0.6 is 11.3 Å². The Labute approximate surface area is 180 Å². The van der Waals surface area contributed by atoms with E-state index in [0.29, 0.717) is 12.5 Å². The van der Waals surface area contributed by atoms with Crippen molar-refractivity contribution in [1.82, 2.24) is 10.2 Å². The van der Waals surface area contributed by atoms with Gasteiger partial charge in [-0.05, 0) is 30.5 Å². The Hall–Kier alpha value is -2.37. The molecule has 0 saturated carbocycles. The van der Waals surface area contributed by atoms with Crippen LogP contribution in [0, 0.1) is 18.3 Å². The molecule has 2 aliphatic rings. The molecule has 7 nitrogen and oxygen atoms in total. The number of hydrogen-bond acceptors (Lipinski definition) is 6. The molecule has 2 fully saturated rings. The number of fused-ring (bicyclic) bond motifs is 1. The smallest absolute Gasteiger partial charge is 0.475 e. The molecule has 0 bridgehead atoms. The van der Waals surface area contributed by atoms with Crippen molar-refractivity contribution < 1.29 is 37.0 Å². The first kappa shape index (κ1) is 23.3. The zero-order valence-electron chi connectivity index (χ0n) is 16.8. The first-order valence-corrected chi connectivity index (χ1v) is 10.5. The number of hydrogen-bond donors (Lipinski definition) is 2. The summed E-state index contributed by atoms with van der Waals surface area (Å²) in [6.45, 7) is 6.88. The summed E-state index contributed by atoms with van der Waals surface area (Å²) in [5, 5.41) is 14.1. The summed E-state index contributed by atoms with van der Waals surface area (Å²) in [5.41, 5.74) is 0.764. The van der Waals surface area contributed by atoms with Crippen molar-refractivity contribution >= 4 is 23.2 Å². The highest BCUT2D eigenvalue weighted by Crippen LogP contribution is 2.41. The molecule has 2 aromatic heterocycles. The van der Waals surface area contributed by atoms with E-state index >= 15 is 0 Å². The Bertz CT molecular complexity index is 899. The van der Waals surface area contributed by atoms with Crippen LogP contribution in [0.3, 0.4) is 0 Å². The monoisotopic (exact) mass is 460 g/mol. The molecular formula is C20H23F3N2O5S. The lowest BCUT2D eigenvalue weighted by Crippen LogP contribution is -2.43. The summed E-state index contributed by atoms with van der Waals surface area (Å²) in [5.74, 6) is -0.323. The van der Waals surface area contributed by atoms with Gasteiger partial charge in [-0.15, -0.1) is 0 Å². The van der Waals surface area contributed by atoms with Crippen LogP contribution in [0.1, 0.15) is 21.9 Å². The van der Waals surface area contributed by atoms with Gasteiger partial charge in [-0.25, -0.2) is 4.79 Å². The van der Waals surface area contributed by atoms with Crippen molar-refractivity contribution in [2.75, 3.05) is 32.8 Å². The fourth-order valence-electron chi connectivity index (χ4n) is 3.86. The average molecular weight is 460 g/mol. The number of carboxylic acids is 1. The van der Waals surface area contributed by atoms with Crippen molar-refractivity contribution in [3.8, 4) is 0 Å². The number of aryl methyl sites for hydroxylation is 1. The molecule has 31 heavy (non-hydrogen) atoms. The maximum Gasteiger partial charge on any atom is 0.490 e. The van der Waals surface area contributed by atoms with Crippen LogP contribution < -0.4 is 5.32 Å². The second-order valence-electron chi connectivity index (χ2n) is 7.75. The van der Waals surface area contributed by atoms with Gasteiger partial charge in [0.15, 0.2) is 0 Å². The average Bonchev–Trinajstić information content (AvgIpc) is 3.44. The number of carbonyl (C=O) groups excluding carboxylic acids is 1. The number of nitrogens with one attached hydrogen (secondary N) is 1. The maximum atomic E-state index is 12.2. The molecular weight excluding hydrogens is 437 g/mol. The van der Waals surface area contributed by atoms with Gasteiger partial charge in [0, 0.05) is 41.9 Å². The van der Waals surface area contributed by atoms with Crippen LogP contribution in [0.2, 0.25) is 0 Å². The standard InChI is InChI=1S/C18H22N2O3S.C2HF3O2/c1-13-2-3-16(23-13)7-20-6-15-8-22-12-18(15,11-20)10-19-17(21)14-4-5-24-9-14;3-2(4,5)1(6)7/h2-5,9,15H,6-8,10-12H2,1H3,(H,19,21);(H,6,7)/t15-,18+;/m1./s1. The van der Waals surface area contributed by atoms with Gasteiger partial charge in [0.2, 0.25) is 0 Å². The Morgan fingerprint density at radius 3 is 2.68 bits per heavy atom. The molecule has 2 aromatic rings. The fraction of sp³-hybridized carbons (Fsp3) is 0.500. The maximum absolute atomic E-state index is 12.2. The molecule has 4 rings (SSSR count). The molecule has 0 aliphatic carbocycles. The normalized spacial score (nSPS) is 23.2. The van der Waals surface area contributed by atoms with Crippen molar-refractivity contribution in [1.29, 1.82) is 0 Å². The van der Waals surface area contributed by atoms with Gasteiger partial charge in [-0.3, -0.25) is 9.69 Å². The third-order valence-electron chi connectivity index (χ3n) is 5.39. The molecule has 2 aliphatic heterocycles. The molecule has 4 heterocycles. The first-order valence-electron chi connectivity index (χ1n) is 9.55. The Balaban J connectivity index is 0.000000339. The van der Waals surface area contributed by atoms with Gasteiger partial charge >= 0.3 is 12.1 Å². The minimum absolute atomic E-state index is 0.0105. The van der Waals surface area contributed by atoms with Crippen LogP contribution in [0.15, 0.2) is 33.4 Å². The van der Waals surface area contributed by atoms with Crippen molar-refractivity contribution in [3.63, 3.8) is 0 Å². The lowest BCUT2D eigenvalue weighted by Gasteiger charge is -2.27. The molecule has 2 saturated heterocycles. The number of likely N-dealkylation sites (tertiary alicyclic amines) is 1. The summed E-state index contributed by atoms with van der Waals surface area (Å²) in [4.78, 5) is 23.6. The van der Waals surface area contributed by atoms with Gasteiger partial charge in [-0.2, -0.15) is 24.5 Å². The number of ether oxygens (including phenoxy) is 1. The van der Waals surface area contributed by atoms with Gasteiger partial charge in [0.1, 0.15) is 11.5 Å². The third kappa shape index (κ3) is 5.86. The number of halogens is 3. The van der Waals surface area contributed by atoms with E-state index in [1.165, 1.54) is 0 Å². The summed E-state index contributed by atoms with van der Waals surface area (Å²) >= 11 is 1.54. The van der Waals surface area contributed by atoms with Crippen LogP contribution in [0.25, 0.3) is 0 Å². The van der Waals surface area contributed by atoms with E-state index in [9.17, 15) is 18.0 Å². The first-order chi connectivity index (χ1) is 14.6. The lowest BCUT2D eigenvalue weighted by molar-refractivity contribution is -0.192. The number of carbonyl (C=O) groups is 2. The van der Waals surface area contributed by atoms with Gasteiger partial charge in [0.05, 0.1) is 19.8 Å². The summed E-state index contributed by atoms with van der Waals surface area (Å²) < 4.78 is 43.2. The number of furan rings is 1. The zero-order chi connectivity index (χ0) is 22.6. The second-order valence-corrected chi connectivity index (χ2v) is 8.53. The highest BCUT2D eigenvalue weighted by atomic mass is 32.1. The molecule has 0 aromatic carbocycles. The number of thiophene rings is 1. The minimum atomic E-state index is -5.08. The number of aliphatic carboxylic acids is 1. The van der Waals surface area contributed by atoms with E-state index in [2.05, 4.69) is 10.2 Å². The molecule has 0 radical (unpaired) electrons. The largest absolute Gasteiger partial charge is 0.490 e. The van der Waals surface area contributed by atoms with Crippen LogP contribution in [-0.4, -0.2) is 60.9 Å². The molecule has 0 unspecified atom stereocenters. The number of rotatable bonds is 5. The van der Waals surface area contributed by atoms with E-state index in [-0.39, 0.29) is 11.3 Å². The molecule has 2 atom stereocenters. The zero-order valence-corrected chi connectivity index (χ0v) is 17.6. The molecule has 2 N–H and O–H groups in total. The second kappa shape index (κ2) is 9.41. The molecule has 0 spiro atoms. The van der Waals surface area contributed by atoms with Gasteiger partial charge < -0.3 is 19.6 Å². The number of alkyl halides is 3. The Kier molecular flexibility index (Phi) is 7.07. The van der Waals surface area contributed by atoms with Gasteiger partial charge in [-0.1, -0.05) is 0 Å². The lowest BCUT2D eigenvalue weighted by atomic mass is 9.81. The number of carboxylic acid groups (broad SMARTS) is 1. The Morgan fingerprint density at radius 2 is 2.10 bits per heavy atom. The quantitative estimate of drug-likeness (QED) is 0.712. The highest BCUT2D eigenvalue weighted by Gasteiger charge is 2.50. The number of amides is 1. The summed E-state index contributed by atoms with van der Waals surface area (Å²) in [7, 11) is 0. The number of nitrogens with zero attached hydrogens (tertiary/aromatic N) is 1. The van der Waals surface area contributed by atoms with Crippen molar-refractivity contribution in [3.05, 3.63) is 46.0 Å². The fourth-order valence-corrected chi connectivity index (χ4v) is 4.49. The van der Waals surface area contributed by atoms with Crippen LogP contribution in [0.4, 0.5) is 13.2 Å². The van der Waals surface area contributed by atoms with Crippen LogP contribution in [0.5, 0.6) is 0 Å². The van der Waals surface area contributed by atoms with Gasteiger partial charge in [0.25, 0.3) is 5.91 Å². The van der Waals surface area contributed by atoms with E-state index in [0.717, 1.165) is 49.9 Å². The van der Waals surface area contributed by atoms with E-state index in [1.807, 2.05) is 35.9 Å².